The van der Waals surface area contributed by atoms with E-state index in [2.05, 4.69) is 54.3 Å². The van der Waals surface area contributed by atoms with Gasteiger partial charge in [0.05, 0.1) is 36.9 Å². The average Bonchev–Trinajstić information content (AvgIpc) is 3.92. The van der Waals surface area contributed by atoms with Crippen molar-refractivity contribution in [1.82, 2.24) is 40.9 Å². The molecule has 0 saturated carbocycles. The molecule has 0 bridgehead atoms. The van der Waals surface area contributed by atoms with E-state index >= 15 is 0 Å². The van der Waals surface area contributed by atoms with Crippen LogP contribution >= 0.6 is 0 Å². The number of amides is 4. The van der Waals surface area contributed by atoms with Crippen molar-refractivity contribution in [3.05, 3.63) is 103 Å². The first kappa shape index (κ1) is 45.7. The maximum Gasteiger partial charge on any atom is 0.242 e. The zero-order valence-electron chi connectivity index (χ0n) is 35.0. The maximum atomic E-state index is 14.1. The molecule has 4 aromatic rings. The van der Waals surface area contributed by atoms with Gasteiger partial charge in [0.25, 0.3) is 0 Å². The van der Waals surface area contributed by atoms with E-state index < -0.39 is 59.4 Å². The first-order valence-electron chi connectivity index (χ1n) is 20.8. The molecule has 1 aliphatic heterocycles. The van der Waals surface area contributed by atoms with Crippen LogP contribution in [0.3, 0.4) is 0 Å². The molecular weight excluding hydrogens is 775 g/mol. The second-order valence-electron chi connectivity index (χ2n) is 15.7. The number of rotatable bonds is 16. The third-order valence-corrected chi connectivity index (χ3v) is 10.8. The molecule has 322 valence electrons. The molecule has 0 unspecified atom stereocenters. The lowest BCUT2D eigenvalue weighted by Gasteiger charge is -2.27. The van der Waals surface area contributed by atoms with Crippen molar-refractivity contribution in [1.29, 1.82) is 0 Å². The highest BCUT2D eigenvalue weighted by Crippen LogP contribution is 2.21. The van der Waals surface area contributed by atoms with Crippen LogP contribution in [-0.2, 0) is 48.0 Å². The Bertz CT molecular complexity index is 2190. The van der Waals surface area contributed by atoms with Gasteiger partial charge in [-0.1, -0.05) is 73.4 Å². The number of hydrogen-bond acceptors (Lipinski definition) is 9. The molecule has 7 N–H and O–H groups in total. The number of aromatic amines is 2. The second-order valence-corrected chi connectivity index (χ2v) is 15.7. The van der Waals surface area contributed by atoms with Gasteiger partial charge in [-0.25, -0.2) is 9.99 Å². The number of hydrogen-bond donors (Lipinski definition) is 6. The van der Waals surface area contributed by atoms with Crippen LogP contribution in [0, 0.1) is 23.7 Å². The Balaban J connectivity index is 1.35. The van der Waals surface area contributed by atoms with E-state index in [4.69, 9.17) is 5.73 Å². The lowest BCUT2D eigenvalue weighted by Crippen LogP contribution is -2.52. The molecule has 5 rings (SSSR count). The fourth-order valence-electron chi connectivity index (χ4n) is 7.29. The molecule has 4 amide bonds. The fraction of sp³-hybridized carbons (Fsp3) is 0.413. The van der Waals surface area contributed by atoms with Gasteiger partial charge >= 0.3 is 0 Å². The van der Waals surface area contributed by atoms with Gasteiger partial charge in [-0.05, 0) is 56.3 Å². The molecule has 2 aromatic carbocycles. The molecule has 1 aliphatic rings. The smallest absolute Gasteiger partial charge is 0.242 e. The van der Waals surface area contributed by atoms with Gasteiger partial charge in [-0.3, -0.25) is 39.1 Å². The number of para-hydroxylation sites is 1. The lowest BCUT2D eigenvalue weighted by molar-refractivity contribution is -0.145. The van der Waals surface area contributed by atoms with Gasteiger partial charge < -0.3 is 26.3 Å². The van der Waals surface area contributed by atoms with Crippen LogP contribution in [0.5, 0.6) is 0 Å². The van der Waals surface area contributed by atoms with E-state index in [1.54, 1.807) is 25.4 Å². The van der Waals surface area contributed by atoms with Gasteiger partial charge in [-0.2, -0.15) is 0 Å². The monoisotopic (exact) mass is 831 g/mol. The van der Waals surface area contributed by atoms with E-state index in [1.807, 2.05) is 54.6 Å². The Morgan fingerprint density at radius 1 is 1.00 bits per heavy atom. The number of benzene rings is 2. The predicted octanol–water partition coefficient (Wildman–Crippen LogP) is 2.94. The van der Waals surface area contributed by atoms with Crippen molar-refractivity contribution in [2.75, 3.05) is 26.2 Å². The molecule has 3 heterocycles. The number of carbonyl (C=O) groups is 6. The highest BCUT2D eigenvalue weighted by molar-refractivity contribution is 5.95. The Labute approximate surface area is 356 Å². The normalized spacial score (nSPS) is 18.5. The summed E-state index contributed by atoms with van der Waals surface area (Å²) in [6.45, 7) is 8.30. The van der Waals surface area contributed by atoms with Crippen LogP contribution in [0.15, 0.2) is 86.0 Å². The number of fused-ring (bicyclic) bond motifs is 1. The molecule has 0 spiro atoms. The average molecular weight is 832 g/mol. The summed E-state index contributed by atoms with van der Waals surface area (Å²) in [6, 6.07) is 14.1. The first-order chi connectivity index (χ1) is 29.4. The molecule has 0 radical (unpaired) electrons. The fourth-order valence-corrected chi connectivity index (χ4v) is 7.29. The third-order valence-electron chi connectivity index (χ3n) is 10.8. The number of aromatic nitrogens is 3. The van der Waals surface area contributed by atoms with Crippen LogP contribution in [0.4, 0.5) is 0 Å². The van der Waals surface area contributed by atoms with E-state index in [0.29, 0.717) is 38.2 Å². The molecule has 15 nitrogen and oxygen atoms in total. The maximum absolute atomic E-state index is 14.1. The topological polar surface area (TPSA) is 215 Å². The SMILES string of the molecule is C=CCN1CC#CCN(NC(=O)[C@H](C)CC(=O)[C@@H](Cc2c[nH]c3ccccc23)NC(=O)[C@@H](N)Cc2cnc[nH]2)C(=O)C[C@H](Cc2ccccc2)C(=O)N[C@H](C(C)=O)CCCC1. The number of carbonyl (C=O) groups excluding carboxylic acids is 6. The zero-order valence-corrected chi connectivity index (χ0v) is 35.0. The van der Waals surface area contributed by atoms with Crippen LogP contribution in [0.2, 0.25) is 0 Å². The predicted molar refractivity (Wildman–Crippen MR) is 232 cm³/mol. The van der Waals surface area contributed by atoms with E-state index in [1.165, 1.54) is 13.3 Å². The summed E-state index contributed by atoms with van der Waals surface area (Å²) in [5, 5.41) is 7.71. The number of ketones is 2. The highest BCUT2D eigenvalue weighted by Gasteiger charge is 2.32. The number of imidazole rings is 1. The summed E-state index contributed by atoms with van der Waals surface area (Å²) in [5.41, 5.74) is 12.1. The highest BCUT2D eigenvalue weighted by atomic mass is 16.2. The summed E-state index contributed by atoms with van der Waals surface area (Å²) in [6.07, 6.45) is 8.49. The van der Waals surface area contributed by atoms with Crippen LogP contribution < -0.4 is 21.8 Å². The summed E-state index contributed by atoms with van der Waals surface area (Å²) < 4.78 is 0. The summed E-state index contributed by atoms with van der Waals surface area (Å²) >= 11 is 0. The van der Waals surface area contributed by atoms with Crippen LogP contribution in [-0.4, -0.2) is 104 Å². The number of nitrogens with zero attached hydrogens (tertiary/aromatic N) is 3. The minimum Gasteiger partial charge on any atom is -0.361 e. The van der Waals surface area contributed by atoms with Crippen LogP contribution in [0.1, 0.15) is 62.8 Å². The molecular formula is C46H57N9O6. The minimum absolute atomic E-state index is 0.137. The van der Waals surface area contributed by atoms with E-state index in [9.17, 15) is 28.8 Å². The van der Waals surface area contributed by atoms with Crippen molar-refractivity contribution >= 4 is 46.1 Å². The molecule has 5 atom stereocenters. The Kier molecular flexibility index (Phi) is 17.1. The standard InChI is InChI=1S/C46H57N9O6/c1-4-19-54-20-11-10-17-39(32(3)56)51-45(60)34(24-33-14-6-5-7-15-33)26-43(58)55(22-13-12-21-54)53-44(59)31(2)23-42(57)41(25-35-28-49-40-18-9-8-16-37(35)40)52-46(61)38(47)27-36-29-48-30-50-36/h4-9,14-16,18,28-31,34,38-39,41,49H,1,10-11,17,19-27,47H2,2-3H3,(H,48,50)(H,51,60)(H,52,61)(H,53,59)/t31-,34+,38+,39+,41-/m1/s1. The molecule has 2 aromatic heterocycles. The van der Waals surface area contributed by atoms with Gasteiger partial charge in [-0.15, -0.1) is 6.58 Å². The quantitative estimate of drug-likeness (QED) is 0.0722. The number of nitrogens with two attached hydrogens (primary N) is 1. The van der Waals surface area contributed by atoms with Gasteiger partial charge in [0.1, 0.15) is 6.54 Å². The summed E-state index contributed by atoms with van der Waals surface area (Å²) in [5.74, 6) is 1.54. The summed E-state index contributed by atoms with van der Waals surface area (Å²) in [4.78, 5) is 94.2. The molecule has 0 aliphatic carbocycles. The Morgan fingerprint density at radius 2 is 1.75 bits per heavy atom. The molecule has 61 heavy (non-hydrogen) atoms. The Morgan fingerprint density at radius 3 is 2.49 bits per heavy atom. The van der Waals surface area contributed by atoms with Gasteiger partial charge in [0.2, 0.25) is 23.6 Å². The third kappa shape index (κ3) is 13.8. The Hall–Kier alpha value is -6.37. The number of Topliss-reactive ketones (excluding diaryl/α,β-unsaturated/α-hetero) is 2. The molecule has 15 heteroatoms. The van der Waals surface area contributed by atoms with E-state index in [0.717, 1.165) is 33.5 Å². The number of hydrazine groups is 1. The lowest BCUT2D eigenvalue weighted by atomic mass is 9.93. The summed E-state index contributed by atoms with van der Waals surface area (Å²) in [7, 11) is 0. The number of H-pyrrole nitrogens is 2. The van der Waals surface area contributed by atoms with Crippen molar-refractivity contribution < 1.29 is 28.8 Å². The van der Waals surface area contributed by atoms with Crippen molar-refractivity contribution in [2.45, 2.75) is 83.3 Å². The van der Waals surface area contributed by atoms with Crippen molar-refractivity contribution in [3.63, 3.8) is 0 Å². The van der Waals surface area contributed by atoms with Gasteiger partial charge in [0.15, 0.2) is 11.6 Å². The minimum atomic E-state index is -1.03. The second kappa shape index (κ2) is 22.8. The van der Waals surface area contributed by atoms with E-state index in [-0.39, 0.29) is 44.4 Å². The van der Waals surface area contributed by atoms with Crippen LogP contribution in [0.25, 0.3) is 10.9 Å². The first-order valence-corrected chi connectivity index (χ1v) is 20.8. The number of nitrogens with one attached hydrogen (secondary N) is 5. The van der Waals surface area contributed by atoms with Crippen molar-refractivity contribution in [2.24, 2.45) is 17.6 Å². The molecule has 0 saturated heterocycles. The zero-order chi connectivity index (χ0) is 43.7. The van der Waals surface area contributed by atoms with Gasteiger partial charge in [0, 0.05) is 67.1 Å². The molecule has 0 fully saturated rings. The largest absolute Gasteiger partial charge is 0.361 e. The van der Waals surface area contributed by atoms with Crippen molar-refractivity contribution in [3.8, 4) is 11.8 Å².